The van der Waals surface area contributed by atoms with Crippen molar-refractivity contribution in [1.82, 2.24) is 9.80 Å². The third-order valence-electron chi connectivity index (χ3n) is 5.82. The molecule has 0 atom stereocenters. The predicted octanol–water partition coefficient (Wildman–Crippen LogP) is 4.19. The van der Waals surface area contributed by atoms with Gasteiger partial charge in [0.2, 0.25) is 12.7 Å². The molecule has 9 heteroatoms. The lowest BCUT2D eigenvalue weighted by atomic mass is 10.1. The fourth-order valence-electron chi connectivity index (χ4n) is 3.91. The standard InChI is InChI=1S/C27H30N2O6S/c1-32-13-4-12-28(27(31)21-7-9-22(33-2)10-8-21)18-26(30)29(17-23-5-3-14-36-23)16-20-6-11-24-25(15-20)35-19-34-24/h3,5-11,14-15H,4,12-13,16-19H2,1-2H3. The number of methoxy groups -OCH3 is 2. The number of nitrogens with zero attached hydrogens (tertiary/aromatic N) is 2. The van der Waals surface area contributed by atoms with Crippen molar-refractivity contribution in [3.63, 3.8) is 0 Å². The van der Waals surface area contributed by atoms with Gasteiger partial charge in [-0.25, -0.2) is 0 Å². The molecule has 4 rings (SSSR count). The fourth-order valence-corrected chi connectivity index (χ4v) is 4.63. The second kappa shape index (κ2) is 12.4. The van der Waals surface area contributed by atoms with Crippen LogP contribution in [0.1, 0.15) is 27.2 Å². The van der Waals surface area contributed by atoms with Crippen LogP contribution >= 0.6 is 11.3 Å². The van der Waals surface area contributed by atoms with E-state index < -0.39 is 0 Å². The molecule has 0 saturated heterocycles. The molecule has 1 aliphatic rings. The summed E-state index contributed by atoms with van der Waals surface area (Å²) in [7, 11) is 3.20. The number of fused-ring (bicyclic) bond motifs is 1. The first-order valence-corrected chi connectivity index (χ1v) is 12.6. The monoisotopic (exact) mass is 510 g/mol. The molecule has 1 aromatic heterocycles. The highest BCUT2D eigenvalue weighted by Gasteiger charge is 2.24. The molecule has 2 aromatic carbocycles. The van der Waals surface area contributed by atoms with Crippen LogP contribution in [0, 0.1) is 0 Å². The summed E-state index contributed by atoms with van der Waals surface area (Å²) < 4.78 is 21.3. The molecule has 36 heavy (non-hydrogen) atoms. The highest BCUT2D eigenvalue weighted by atomic mass is 32.1. The van der Waals surface area contributed by atoms with E-state index in [2.05, 4.69) is 0 Å². The minimum atomic E-state index is -0.207. The number of hydrogen-bond acceptors (Lipinski definition) is 7. The van der Waals surface area contributed by atoms with Gasteiger partial charge in [-0.3, -0.25) is 9.59 Å². The number of hydrogen-bond donors (Lipinski definition) is 0. The molecule has 0 N–H and O–H groups in total. The molecule has 2 heterocycles. The molecule has 8 nitrogen and oxygen atoms in total. The molecular formula is C27H30N2O6S. The van der Waals surface area contributed by atoms with Crippen LogP contribution in [0.25, 0.3) is 0 Å². The van der Waals surface area contributed by atoms with Gasteiger partial charge in [-0.1, -0.05) is 12.1 Å². The third-order valence-corrected chi connectivity index (χ3v) is 6.68. The Morgan fingerprint density at radius 3 is 2.50 bits per heavy atom. The molecule has 0 unspecified atom stereocenters. The van der Waals surface area contributed by atoms with E-state index in [4.69, 9.17) is 18.9 Å². The van der Waals surface area contributed by atoms with Gasteiger partial charge < -0.3 is 28.7 Å². The van der Waals surface area contributed by atoms with Gasteiger partial charge in [0, 0.05) is 37.2 Å². The lowest BCUT2D eigenvalue weighted by molar-refractivity contribution is -0.133. The van der Waals surface area contributed by atoms with Gasteiger partial charge in [-0.15, -0.1) is 11.3 Å². The summed E-state index contributed by atoms with van der Waals surface area (Å²) >= 11 is 1.59. The zero-order valence-corrected chi connectivity index (χ0v) is 21.3. The Balaban J connectivity index is 1.52. The van der Waals surface area contributed by atoms with Crippen molar-refractivity contribution in [2.24, 2.45) is 0 Å². The molecule has 0 radical (unpaired) electrons. The summed E-state index contributed by atoms with van der Waals surface area (Å²) in [5, 5.41) is 1.99. The summed E-state index contributed by atoms with van der Waals surface area (Å²) in [4.78, 5) is 31.4. The summed E-state index contributed by atoms with van der Waals surface area (Å²) in [6.07, 6.45) is 0.624. The largest absolute Gasteiger partial charge is 0.497 e. The second-order valence-corrected chi connectivity index (χ2v) is 9.35. The Hall–Kier alpha value is -3.56. The third kappa shape index (κ3) is 6.56. The molecule has 0 saturated carbocycles. The van der Waals surface area contributed by atoms with Gasteiger partial charge in [0.25, 0.3) is 5.91 Å². The van der Waals surface area contributed by atoms with E-state index >= 15 is 0 Å². The average molecular weight is 511 g/mol. The number of amides is 2. The Morgan fingerprint density at radius 2 is 1.78 bits per heavy atom. The zero-order valence-electron chi connectivity index (χ0n) is 20.5. The van der Waals surface area contributed by atoms with Gasteiger partial charge in [0.1, 0.15) is 12.3 Å². The molecule has 2 amide bonds. The molecule has 0 bridgehead atoms. The van der Waals surface area contributed by atoms with Crippen molar-refractivity contribution in [3.8, 4) is 17.2 Å². The zero-order chi connectivity index (χ0) is 25.3. The Labute approximate surface area is 214 Å². The van der Waals surface area contributed by atoms with Gasteiger partial charge >= 0.3 is 0 Å². The molecule has 0 aliphatic carbocycles. The van der Waals surface area contributed by atoms with Gasteiger partial charge in [-0.05, 0) is 59.8 Å². The maximum absolute atomic E-state index is 13.6. The van der Waals surface area contributed by atoms with Crippen LogP contribution in [0.15, 0.2) is 60.0 Å². The maximum Gasteiger partial charge on any atom is 0.254 e. The summed E-state index contributed by atoms with van der Waals surface area (Å²) in [6.45, 7) is 1.90. The quantitative estimate of drug-likeness (QED) is 0.340. The van der Waals surface area contributed by atoms with Crippen molar-refractivity contribution in [3.05, 3.63) is 76.0 Å². The number of rotatable bonds is 12. The number of benzene rings is 2. The first-order valence-electron chi connectivity index (χ1n) is 11.7. The smallest absolute Gasteiger partial charge is 0.254 e. The molecular weight excluding hydrogens is 480 g/mol. The predicted molar refractivity (Wildman–Crippen MR) is 137 cm³/mol. The number of thiophene rings is 1. The first-order chi connectivity index (χ1) is 17.6. The normalized spacial score (nSPS) is 11.8. The SMILES string of the molecule is COCCCN(CC(=O)N(Cc1ccc2c(c1)OCO2)Cc1cccs1)C(=O)c1ccc(OC)cc1. The lowest BCUT2D eigenvalue weighted by Gasteiger charge is -2.28. The van der Waals surface area contributed by atoms with E-state index in [9.17, 15) is 9.59 Å². The molecule has 190 valence electrons. The van der Waals surface area contributed by atoms with E-state index in [-0.39, 0.29) is 25.2 Å². The first kappa shape index (κ1) is 25.5. The summed E-state index contributed by atoms with van der Waals surface area (Å²) in [6, 6.07) is 16.6. The number of ether oxygens (including phenoxy) is 4. The minimum Gasteiger partial charge on any atom is -0.497 e. The van der Waals surface area contributed by atoms with Gasteiger partial charge in [-0.2, -0.15) is 0 Å². The van der Waals surface area contributed by atoms with Crippen LogP contribution in [0.4, 0.5) is 0 Å². The minimum absolute atomic E-state index is 0.0372. The lowest BCUT2D eigenvalue weighted by Crippen LogP contribution is -2.43. The van der Waals surface area contributed by atoms with Crippen LogP contribution in [0.3, 0.4) is 0 Å². The van der Waals surface area contributed by atoms with Crippen molar-refractivity contribution in [2.45, 2.75) is 19.5 Å². The molecule has 0 fully saturated rings. The number of carbonyl (C=O) groups is 2. The Kier molecular flexibility index (Phi) is 8.80. The van der Waals surface area contributed by atoms with Gasteiger partial charge in [0.15, 0.2) is 11.5 Å². The highest BCUT2D eigenvalue weighted by Crippen LogP contribution is 2.33. The number of carbonyl (C=O) groups excluding carboxylic acids is 2. The summed E-state index contributed by atoms with van der Waals surface area (Å²) in [5.41, 5.74) is 1.43. The van der Waals surface area contributed by atoms with E-state index in [1.165, 1.54) is 0 Å². The van der Waals surface area contributed by atoms with E-state index in [0.29, 0.717) is 55.5 Å². The van der Waals surface area contributed by atoms with Crippen molar-refractivity contribution in [2.75, 3.05) is 40.7 Å². The van der Waals surface area contributed by atoms with Crippen LogP contribution in [-0.2, 0) is 22.6 Å². The van der Waals surface area contributed by atoms with E-state index in [1.807, 2.05) is 35.7 Å². The van der Waals surface area contributed by atoms with Crippen LogP contribution < -0.4 is 14.2 Å². The average Bonchev–Trinajstić information content (AvgIpc) is 3.59. The van der Waals surface area contributed by atoms with Crippen LogP contribution in [-0.4, -0.2) is 62.3 Å². The Bertz CT molecular complexity index is 1150. The highest BCUT2D eigenvalue weighted by molar-refractivity contribution is 7.09. The van der Waals surface area contributed by atoms with Crippen molar-refractivity contribution in [1.29, 1.82) is 0 Å². The molecule has 0 spiro atoms. The van der Waals surface area contributed by atoms with Crippen LogP contribution in [0.5, 0.6) is 17.2 Å². The van der Waals surface area contributed by atoms with Gasteiger partial charge in [0.05, 0.1) is 13.7 Å². The fraction of sp³-hybridized carbons (Fsp3) is 0.333. The van der Waals surface area contributed by atoms with Crippen molar-refractivity contribution < 1.29 is 28.5 Å². The van der Waals surface area contributed by atoms with E-state index in [1.54, 1.807) is 59.6 Å². The van der Waals surface area contributed by atoms with Crippen LogP contribution in [0.2, 0.25) is 0 Å². The summed E-state index contributed by atoms with van der Waals surface area (Å²) in [5.74, 6) is 1.69. The topological polar surface area (TPSA) is 77.5 Å². The Morgan fingerprint density at radius 1 is 0.972 bits per heavy atom. The second-order valence-electron chi connectivity index (χ2n) is 8.32. The molecule has 1 aliphatic heterocycles. The van der Waals surface area contributed by atoms with E-state index in [0.717, 1.165) is 10.4 Å². The van der Waals surface area contributed by atoms with Crippen molar-refractivity contribution >= 4 is 23.2 Å². The maximum atomic E-state index is 13.6. The molecule has 3 aromatic rings.